The molecule has 0 atom stereocenters. The average molecular weight is 430 g/mol. The predicted octanol–water partition coefficient (Wildman–Crippen LogP) is 0.351. The van der Waals surface area contributed by atoms with Crippen LogP contribution in [0.1, 0.15) is 13.8 Å². The molecule has 1 aromatic heterocycles. The molecule has 1 aromatic carbocycles. The molecule has 3 amide bonds. The van der Waals surface area contributed by atoms with Gasteiger partial charge in [0.05, 0.1) is 19.4 Å². The van der Waals surface area contributed by atoms with Gasteiger partial charge in [0.1, 0.15) is 26.2 Å². The lowest BCUT2D eigenvalue weighted by Crippen LogP contribution is -3.16. The number of H-pyrrole nitrogens is 1. The number of benzene rings is 1. The molecule has 2 heterocycles. The summed E-state index contributed by atoms with van der Waals surface area (Å²) < 4.78 is 11.1. The molecule has 2 aromatic rings. The van der Waals surface area contributed by atoms with E-state index in [1.54, 1.807) is 18.2 Å². The fourth-order valence-electron chi connectivity index (χ4n) is 3.51. The van der Waals surface area contributed by atoms with Crippen molar-refractivity contribution in [2.45, 2.75) is 13.8 Å². The van der Waals surface area contributed by atoms with Gasteiger partial charge in [-0.2, -0.15) is 0 Å². The van der Waals surface area contributed by atoms with Crippen molar-refractivity contribution in [2.75, 3.05) is 56.2 Å². The van der Waals surface area contributed by atoms with Gasteiger partial charge < -0.3 is 19.7 Å². The number of urea groups is 1. The molecule has 31 heavy (non-hydrogen) atoms. The number of rotatable bonds is 8. The van der Waals surface area contributed by atoms with Gasteiger partial charge in [-0.3, -0.25) is 15.0 Å². The number of pyridine rings is 1. The first kappa shape index (κ1) is 22.4. The van der Waals surface area contributed by atoms with Crippen LogP contribution in [0.25, 0.3) is 0 Å². The van der Waals surface area contributed by atoms with E-state index in [1.165, 1.54) is 0 Å². The molecule has 1 aliphatic rings. The second-order valence-corrected chi connectivity index (χ2v) is 7.19. The van der Waals surface area contributed by atoms with Crippen LogP contribution in [0.4, 0.5) is 16.3 Å². The molecule has 1 aliphatic heterocycles. The van der Waals surface area contributed by atoms with E-state index in [-0.39, 0.29) is 12.5 Å². The highest BCUT2D eigenvalue weighted by Crippen LogP contribution is 2.30. The number of ether oxygens (including phenoxy) is 2. The Morgan fingerprint density at radius 3 is 2.48 bits per heavy atom. The number of aromatic amines is 1. The van der Waals surface area contributed by atoms with Gasteiger partial charge in [0, 0.05) is 17.8 Å². The van der Waals surface area contributed by atoms with Gasteiger partial charge >= 0.3 is 6.03 Å². The zero-order valence-electron chi connectivity index (χ0n) is 18.1. The van der Waals surface area contributed by atoms with Crippen molar-refractivity contribution in [3.63, 3.8) is 0 Å². The number of amides is 3. The Hall–Kier alpha value is -3.33. The summed E-state index contributed by atoms with van der Waals surface area (Å²) in [6.07, 6.45) is 1.91. The molecular formula is C22H31N5O4+2. The van der Waals surface area contributed by atoms with Gasteiger partial charge in [-0.05, 0) is 32.0 Å². The number of quaternary nitrogens is 1. The molecule has 9 nitrogen and oxygen atoms in total. The smallest absolute Gasteiger partial charge is 0.326 e. The third kappa shape index (κ3) is 6.58. The number of hydrogen-bond acceptors (Lipinski definition) is 5. The maximum atomic E-state index is 12.3. The first-order valence-electron chi connectivity index (χ1n) is 10.6. The molecule has 3 rings (SSSR count). The molecule has 0 bridgehead atoms. The zero-order chi connectivity index (χ0) is 22.1. The molecule has 166 valence electrons. The van der Waals surface area contributed by atoms with E-state index in [4.69, 9.17) is 9.47 Å². The Morgan fingerprint density at radius 1 is 1.06 bits per heavy atom. The largest absolute Gasteiger partial charge is 0.490 e. The van der Waals surface area contributed by atoms with E-state index in [0.717, 1.165) is 36.9 Å². The summed E-state index contributed by atoms with van der Waals surface area (Å²) in [6.45, 7) is 8.37. The number of piperazine rings is 1. The normalized spacial score (nSPS) is 14.1. The number of anilines is 2. The standard InChI is InChI=1S/C22H29N5O4/c1-3-30-18-9-8-17(15-19(18)31-4-2)24-22(29)25-21(28)16-26-11-13-27(14-12-26)20-7-5-6-10-23-20/h5-10,15H,3-4,11-14,16H2,1-2H3,(H2,24,25,28,29)/p+2. The molecule has 0 aliphatic carbocycles. The van der Waals surface area contributed by atoms with Crippen LogP contribution in [0.3, 0.4) is 0 Å². The molecule has 1 fully saturated rings. The topological polar surface area (TPSA) is 98.5 Å². The number of nitrogens with zero attached hydrogens (tertiary/aromatic N) is 1. The zero-order valence-corrected chi connectivity index (χ0v) is 18.1. The minimum absolute atomic E-state index is 0.257. The first-order chi connectivity index (χ1) is 15.1. The molecule has 4 N–H and O–H groups in total. The third-order valence-electron chi connectivity index (χ3n) is 4.97. The van der Waals surface area contributed by atoms with E-state index < -0.39 is 6.03 Å². The molecule has 0 saturated carbocycles. The first-order valence-corrected chi connectivity index (χ1v) is 10.6. The van der Waals surface area contributed by atoms with Crippen LogP contribution in [0, 0.1) is 0 Å². The lowest BCUT2D eigenvalue weighted by Gasteiger charge is -2.27. The minimum atomic E-state index is -0.562. The highest BCUT2D eigenvalue weighted by Gasteiger charge is 2.27. The van der Waals surface area contributed by atoms with E-state index >= 15 is 0 Å². The molecular weight excluding hydrogens is 398 g/mol. The summed E-state index contributed by atoms with van der Waals surface area (Å²) in [6, 6.07) is 10.6. The van der Waals surface area contributed by atoms with Crippen LogP contribution in [0.2, 0.25) is 0 Å². The van der Waals surface area contributed by atoms with Crippen molar-refractivity contribution in [2.24, 2.45) is 0 Å². The van der Waals surface area contributed by atoms with Crippen molar-refractivity contribution >= 4 is 23.4 Å². The lowest BCUT2D eigenvalue weighted by molar-refractivity contribution is -0.892. The Morgan fingerprint density at radius 2 is 1.81 bits per heavy atom. The van der Waals surface area contributed by atoms with Crippen molar-refractivity contribution in [3.8, 4) is 11.5 Å². The van der Waals surface area contributed by atoms with Crippen molar-refractivity contribution in [3.05, 3.63) is 42.6 Å². The second kappa shape index (κ2) is 11.2. The van der Waals surface area contributed by atoms with Crippen LogP contribution in [0.5, 0.6) is 11.5 Å². The number of imide groups is 1. The molecule has 0 spiro atoms. The number of hydrogen-bond donors (Lipinski definition) is 3. The fourth-order valence-corrected chi connectivity index (χ4v) is 3.51. The van der Waals surface area contributed by atoms with Gasteiger partial charge in [0.15, 0.2) is 18.0 Å². The lowest BCUT2D eigenvalue weighted by atomic mass is 10.2. The SMILES string of the molecule is CCOc1ccc(NC(=O)NC(=O)C[NH+]2CCN(c3cccc[nH+]3)CC2)cc1OCC. The number of nitrogens with one attached hydrogen (secondary N) is 4. The number of carbonyl (C=O) groups is 2. The van der Waals surface area contributed by atoms with Gasteiger partial charge in [-0.1, -0.05) is 6.07 Å². The van der Waals surface area contributed by atoms with Gasteiger partial charge in [-0.15, -0.1) is 0 Å². The minimum Gasteiger partial charge on any atom is -0.490 e. The average Bonchev–Trinajstić information content (AvgIpc) is 2.77. The van der Waals surface area contributed by atoms with E-state index in [1.807, 2.05) is 38.2 Å². The van der Waals surface area contributed by atoms with Crippen LogP contribution < -0.4 is 34.9 Å². The monoisotopic (exact) mass is 429 g/mol. The van der Waals surface area contributed by atoms with Crippen molar-refractivity contribution < 1.29 is 28.9 Å². The summed E-state index contributed by atoms with van der Waals surface area (Å²) in [7, 11) is 0. The second-order valence-electron chi connectivity index (χ2n) is 7.19. The molecule has 0 radical (unpaired) electrons. The number of carbonyl (C=O) groups excluding carboxylic acids is 2. The molecule has 1 saturated heterocycles. The highest BCUT2D eigenvalue weighted by molar-refractivity contribution is 6.01. The third-order valence-corrected chi connectivity index (χ3v) is 4.97. The van der Waals surface area contributed by atoms with Gasteiger partial charge in [0.2, 0.25) is 0 Å². The Kier molecular flexibility index (Phi) is 8.05. The van der Waals surface area contributed by atoms with Crippen LogP contribution in [-0.2, 0) is 4.79 Å². The maximum absolute atomic E-state index is 12.3. The predicted molar refractivity (Wildman–Crippen MR) is 117 cm³/mol. The van der Waals surface area contributed by atoms with Crippen LogP contribution >= 0.6 is 0 Å². The summed E-state index contributed by atoms with van der Waals surface area (Å²) >= 11 is 0. The summed E-state index contributed by atoms with van der Waals surface area (Å²) in [4.78, 5) is 31.2. The Balaban J connectivity index is 1.45. The van der Waals surface area contributed by atoms with E-state index in [0.29, 0.717) is 30.4 Å². The van der Waals surface area contributed by atoms with Crippen molar-refractivity contribution in [1.29, 1.82) is 0 Å². The summed E-state index contributed by atoms with van der Waals surface area (Å²) in [5, 5.41) is 5.09. The van der Waals surface area contributed by atoms with Crippen LogP contribution in [-0.4, -0.2) is 57.9 Å². The Labute approximate surface area is 182 Å². The maximum Gasteiger partial charge on any atom is 0.326 e. The van der Waals surface area contributed by atoms with Gasteiger partial charge in [0.25, 0.3) is 11.7 Å². The van der Waals surface area contributed by atoms with Crippen molar-refractivity contribution in [1.82, 2.24) is 5.32 Å². The molecule has 0 unspecified atom stereocenters. The summed E-state index contributed by atoms with van der Waals surface area (Å²) in [5.41, 5.74) is 0.525. The van der Waals surface area contributed by atoms with Gasteiger partial charge in [-0.25, -0.2) is 9.78 Å². The van der Waals surface area contributed by atoms with E-state index in [2.05, 4.69) is 20.5 Å². The van der Waals surface area contributed by atoms with Crippen LogP contribution in [0.15, 0.2) is 42.6 Å². The molecule has 9 heteroatoms. The number of aromatic nitrogens is 1. The summed E-state index contributed by atoms with van der Waals surface area (Å²) in [5.74, 6) is 1.93. The van der Waals surface area contributed by atoms with E-state index in [9.17, 15) is 9.59 Å². The quantitative estimate of drug-likeness (QED) is 0.563. The fraction of sp³-hybridized carbons (Fsp3) is 0.409. The highest BCUT2D eigenvalue weighted by atomic mass is 16.5. The Bertz CT molecular complexity index is 869.